The average Bonchev–Trinajstić information content (AvgIpc) is 2.31. The fourth-order valence-corrected chi connectivity index (χ4v) is 1.60. The van der Waals surface area contributed by atoms with Gasteiger partial charge in [0.25, 0.3) is 0 Å². The van der Waals surface area contributed by atoms with Crippen molar-refractivity contribution in [1.82, 2.24) is 4.90 Å². The summed E-state index contributed by atoms with van der Waals surface area (Å²) >= 11 is 0. The molecule has 0 aliphatic heterocycles. The van der Waals surface area contributed by atoms with Crippen molar-refractivity contribution in [2.24, 2.45) is 0 Å². The van der Waals surface area contributed by atoms with Gasteiger partial charge in [-0.2, -0.15) is 5.26 Å². The second-order valence-corrected chi connectivity index (χ2v) is 4.55. The molecular formula is C14H19FN2O. The van der Waals surface area contributed by atoms with Crippen LogP contribution in [-0.2, 0) is 11.3 Å². The van der Waals surface area contributed by atoms with Gasteiger partial charge < -0.3 is 4.74 Å². The Morgan fingerprint density at radius 3 is 2.78 bits per heavy atom. The molecule has 0 saturated carbocycles. The third-order valence-electron chi connectivity index (χ3n) is 2.56. The third-order valence-corrected chi connectivity index (χ3v) is 2.56. The summed E-state index contributed by atoms with van der Waals surface area (Å²) in [5, 5.41) is 8.76. The molecule has 0 spiro atoms. The Balaban J connectivity index is 2.54. The average molecular weight is 250 g/mol. The van der Waals surface area contributed by atoms with E-state index in [1.54, 1.807) is 12.1 Å². The fourth-order valence-electron chi connectivity index (χ4n) is 1.60. The van der Waals surface area contributed by atoms with Gasteiger partial charge in [0.05, 0.1) is 18.3 Å². The van der Waals surface area contributed by atoms with Gasteiger partial charge in [0.1, 0.15) is 11.9 Å². The maximum Gasteiger partial charge on any atom is 0.145 e. The Morgan fingerprint density at radius 2 is 2.17 bits per heavy atom. The highest BCUT2D eigenvalue weighted by atomic mass is 19.1. The smallest absolute Gasteiger partial charge is 0.145 e. The number of hydrogen-bond acceptors (Lipinski definition) is 3. The van der Waals surface area contributed by atoms with E-state index in [0.717, 1.165) is 6.54 Å². The number of nitrogens with zero attached hydrogens (tertiary/aromatic N) is 2. The highest BCUT2D eigenvalue weighted by Crippen LogP contribution is 2.13. The van der Waals surface area contributed by atoms with E-state index in [4.69, 9.17) is 10.00 Å². The minimum absolute atomic E-state index is 0.0966. The van der Waals surface area contributed by atoms with Gasteiger partial charge in [0.2, 0.25) is 0 Å². The first-order valence-corrected chi connectivity index (χ1v) is 6.02. The summed E-state index contributed by atoms with van der Waals surface area (Å²) in [7, 11) is 1.90. The quantitative estimate of drug-likeness (QED) is 0.778. The summed E-state index contributed by atoms with van der Waals surface area (Å²) in [6.45, 7) is 5.79. The maximum absolute atomic E-state index is 13.8. The zero-order chi connectivity index (χ0) is 13.5. The van der Waals surface area contributed by atoms with Gasteiger partial charge in [-0.15, -0.1) is 0 Å². The maximum atomic E-state index is 13.8. The van der Waals surface area contributed by atoms with Crippen LogP contribution in [0.25, 0.3) is 0 Å². The molecule has 0 unspecified atom stereocenters. The lowest BCUT2D eigenvalue weighted by Crippen LogP contribution is -2.24. The van der Waals surface area contributed by atoms with Crippen LogP contribution in [0.5, 0.6) is 0 Å². The van der Waals surface area contributed by atoms with Crippen LogP contribution in [0.2, 0.25) is 0 Å². The Labute approximate surface area is 108 Å². The molecule has 1 rings (SSSR count). The van der Waals surface area contributed by atoms with Crippen LogP contribution in [0.15, 0.2) is 18.2 Å². The summed E-state index contributed by atoms with van der Waals surface area (Å²) < 4.78 is 19.2. The van der Waals surface area contributed by atoms with Crippen LogP contribution in [0.1, 0.15) is 25.0 Å². The van der Waals surface area contributed by atoms with Crippen LogP contribution >= 0.6 is 0 Å². The van der Waals surface area contributed by atoms with Gasteiger partial charge >= 0.3 is 0 Å². The number of likely N-dealkylation sites (N-methyl/N-ethyl adjacent to an activating group) is 1. The standard InChI is InChI=1S/C14H19FN2O/c1-11(2)18-8-7-17(3)10-13-6-4-5-12(9-16)14(13)15/h4-6,11H,7-8,10H2,1-3H3. The van der Waals surface area contributed by atoms with E-state index < -0.39 is 5.82 Å². The first-order chi connectivity index (χ1) is 8.54. The SMILES string of the molecule is CC(C)OCCN(C)Cc1cccc(C#N)c1F. The van der Waals surface area contributed by atoms with E-state index in [1.807, 2.05) is 31.9 Å². The molecule has 0 amide bonds. The van der Waals surface area contributed by atoms with Gasteiger partial charge in [0, 0.05) is 18.7 Å². The lowest BCUT2D eigenvalue weighted by atomic mass is 10.1. The summed E-state index contributed by atoms with van der Waals surface area (Å²) in [6, 6.07) is 6.74. The van der Waals surface area contributed by atoms with Gasteiger partial charge in [0.15, 0.2) is 0 Å². The number of nitriles is 1. The molecule has 98 valence electrons. The van der Waals surface area contributed by atoms with Crippen molar-refractivity contribution in [1.29, 1.82) is 5.26 Å². The largest absolute Gasteiger partial charge is 0.377 e. The molecule has 0 bridgehead atoms. The zero-order valence-electron chi connectivity index (χ0n) is 11.1. The molecule has 0 fully saturated rings. The monoisotopic (exact) mass is 250 g/mol. The van der Waals surface area contributed by atoms with Crippen LogP contribution in [0, 0.1) is 17.1 Å². The molecule has 3 nitrogen and oxygen atoms in total. The van der Waals surface area contributed by atoms with Crippen LogP contribution in [0.4, 0.5) is 4.39 Å². The van der Waals surface area contributed by atoms with Gasteiger partial charge in [-0.05, 0) is 27.0 Å². The number of benzene rings is 1. The lowest BCUT2D eigenvalue weighted by molar-refractivity contribution is 0.0625. The first kappa shape index (κ1) is 14.6. The minimum Gasteiger partial charge on any atom is -0.377 e. The Hall–Kier alpha value is -1.44. The predicted octanol–water partition coefficient (Wildman–Crippen LogP) is 2.55. The van der Waals surface area contributed by atoms with Crippen LogP contribution in [0.3, 0.4) is 0 Å². The molecule has 0 N–H and O–H groups in total. The topological polar surface area (TPSA) is 36.3 Å². The molecule has 0 aromatic heterocycles. The van der Waals surface area contributed by atoms with Crippen molar-refractivity contribution < 1.29 is 9.13 Å². The molecule has 0 aliphatic carbocycles. The van der Waals surface area contributed by atoms with Crippen molar-refractivity contribution >= 4 is 0 Å². The summed E-state index contributed by atoms with van der Waals surface area (Å²) in [5.74, 6) is -0.420. The zero-order valence-corrected chi connectivity index (χ0v) is 11.1. The second-order valence-electron chi connectivity index (χ2n) is 4.55. The molecule has 0 saturated heterocycles. The number of halogens is 1. The van der Waals surface area contributed by atoms with E-state index in [1.165, 1.54) is 6.07 Å². The molecule has 1 aromatic carbocycles. The third kappa shape index (κ3) is 4.44. The Kier molecular flexibility index (Phi) is 5.76. The van der Waals surface area contributed by atoms with E-state index >= 15 is 0 Å². The Morgan fingerprint density at radius 1 is 1.44 bits per heavy atom. The number of hydrogen-bond donors (Lipinski definition) is 0. The minimum atomic E-state index is -0.420. The molecule has 0 radical (unpaired) electrons. The number of rotatable bonds is 6. The predicted molar refractivity (Wildman–Crippen MR) is 68.5 cm³/mol. The van der Waals surface area contributed by atoms with Crippen LogP contribution < -0.4 is 0 Å². The van der Waals surface area contributed by atoms with E-state index in [0.29, 0.717) is 18.7 Å². The first-order valence-electron chi connectivity index (χ1n) is 6.02. The molecule has 1 aromatic rings. The summed E-state index contributed by atoms with van der Waals surface area (Å²) in [4.78, 5) is 1.97. The van der Waals surface area contributed by atoms with E-state index in [2.05, 4.69) is 0 Å². The van der Waals surface area contributed by atoms with E-state index in [-0.39, 0.29) is 11.7 Å². The second kappa shape index (κ2) is 7.10. The molecule has 0 heterocycles. The van der Waals surface area contributed by atoms with Gasteiger partial charge in [-0.1, -0.05) is 12.1 Å². The van der Waals surface area contributed by atoms with Crippen molar-refractivity contribution in [3.8, 4) is 6.07 Å². The molecule has 18 heavy (non-hydrogen) atoms. The van der Waals surface area contributed by atoms with Crippen molar-refractivity contribution in [2.45, 2.75) is 26.5 Å². The highest BCUT2D eigenvalue weighted by Gasteiger charge is 2.09. The van der Waals surface area contributed by atoms with Gasteiger partial charge in [-0.3, -0.25) is 4.90 Å². The molecular weight excluding hydrogens is 231 g/mol. The summed E-state index contributed by atoms with van der Waals surface area (Å²) in [5.41, 5.74) is 0.639. The molecule has 0 atom stereocenters. The van der Waals surface area contributed by atoms with E-state index in [9.17, 15) is 4.39 Å². The lowest BCUT2D eigenvalue weighted by Gasteiger charge is -2.18. The van der Waals surface area contributed by atoms with Crippen molar-refractivity contribution in [3.05, 3.63) is 35.1 Å². The number of ether oxygens (including phenoxy) is 1. The van der Waals surface area contributed by atoms with Gasteiger partial charge in [-0.25, -0.2) is 4.39 Å². The Bertz CT molecular complexity index is 426. The fraction of sp³-hybridized carbons (Fsp3) is 0.500. The summed E-state index contributed by atoms with van der Waals surface area (Å²) in [6.07, 6.45) is 0.206. The highest BCUT2D eigenvalue weighted by molar-refractivity contribution is 5.34. The van der Waals surface area contributed by atoms with Crippen LogP contribution in [-0.4, -0.2) is 31.2 Å². The molecule has 0 aliphatic rings. The van der Waals surface area contributed by atoms with Crippen molar-refractivity contribution in [3.63, 3.8) is 0 Å². The normalized spacial score (nSPS) is 10.9. The molecule has 4 heteroatoms. The van der Waals surface area contributed by atoms with Crippen molar-refractivity contribution in [2.75, 3.05) is 20.2 Å².